The normalized spacial score (nSPS) is 16.6. The van der Waals surface area contributed by atoms with Crippen LogP contribution in [0.25, 0.3) is 0 Å². The van der Waals surface area contributed by atoms with Crippen LogP contribution in [-0.4, -0.2) is 101 Å². The van der Waals surface area contributed by atoms with Crippen molar-refractivity contribution < 1.29 is 61.9 Å². The SMILES string of the molecule is CC(C)=C1OC(=O)N(c2cc(OC3CCCC3)c(Cl)cc2F)C1=O.CC1COc2ccccc2N1C(=O)C(Cl)Cl.CCOCN(C(=O)CCl)c1c(C)cccc1CC.CP(=O)(O)CCC(N)C(=O)O. The van der Waals surface area contributed by atoms with Gasteiger partial charge in [-0.05, 0) is 108 Å². The number of para-hydroxylation sites is 3. The van der Waals surface area contributed by atoms with Crippen LogP contribution in [0.1, 0.15) is 77.8 Å². The number of carbonyl (C=O) groups is 5. The Morgan fingerprint density at radius 2 is 1.70 bits per heavy atom. The zero-order chi connectivity index (χ0) is 51.7. The number of ether oxygens (including phenoxy) is 4. The Morgan fingerprint density at radius 1 is 1.04 bits per heavy atom. The number of cyclic esters (lactones) is 1. The number of allylic oxidation sites excluding steroid dienone is 1. The average Bonchev–Trinajstić information content (AvgIpc) is 3.93. The molecule has 1 aliphatic carbocycles. The van der Waals surface area contributed by atoms with E-state index in [0.29, 0.717) is 29.4 Å². The molecule has 0 aromatic heterocycles. The molecular formula is C47H60Cl4FN4O12P. The maximum Gasteiger partial charge on any atom is 0.427 e. The summed E-state index contributed by atoms with van der Waals surface area (Å²) in [5, 5.41) is 8.38. The molecule has 69 heavy (non-hydrogen) atoms. The first kappa shape index (κ1) is 58.9. The first-order valence-corrected chi connectivity index (χ1v) is 26.1. The van der Waals surface area contributed by atoms with Crippen molar-refractivity contribution in [3.05, 3.63) is 87.9 Å². The Bertz CT molecular complexity index is 2360. The number of halogens is 5. The second kappa shape index (κ2) is 27.8. The summed E-state index contributed by atoms with van der Waals surface area (Å²) in [6, 6.07) is 14.6. The minimum atomic E-state index is -3.10. The molecule has 0 spiro atoms. The molecule has 22 heteroatoms. The molecule has 3 aliphatic rings. The van der Waals surface area contributed by atoms with Gasteiger partial charge in [0.15, 0.2) is 18.0 Å². The first-order chi connectivity index (χ1) is 32.5. The van der Waals surface area contributed by atoms with Crippen LogP contribution in [0, 0.1) is 12.7 Å². The van der Waals surface area contributed by atoms with Gasteiger partial charge in [0.05, 0.1) is 34.2 Å². The van der Waals surface area contributed by atoms with Gasteiger partial charge in [-0.2, -0.15) is 0 Å². The summed E-state index contributed by atoms with van der Waals surface area (Å²) in [6.07, 6.45) is 3.87. The van der Waals surface area contributed by atoms with E-state index in [1.807, 2.05) is 63.2 Å². The molecule has 1 saturated heterocycles. The molecule has 3 aromatic rings. The van der Waals surface area contributed by atoms with Gasteiger partial charge in [-0.25, -0.2) is 14.1 Å². The molecular weight excluding hydrogens is 1000 g/mol. The van der Waals surface area contributed by atoms with Gasteiger partial charge >= 0.3 is 18.0 Å². The van der Waals surface area contributed by atoms with E-state index < -0.39 is 42.0 Å². The summed E-state index contributed by atoms with van der Waals surface area (Å²) < 4.78 is 46.6. The molecule has 4 N–H and O–H groups in total. The predicted molar refractivity (Wildman–Crippen MR) is 267 cm³/mol. The fraction of sp³-hybridized carbons (Fsp3) is 0.468. The van der Waals surface area contributed by atoms with Crippen LogP contribution in [0.5, 0.6) is 11.5 Å². The molecule has 380 valence electrons. The van der Waals surface area contributed by atoms with Gasteiger partial charge < -0.3 is 39.6 Å². The lowest BCUT2D eigenvalue weighted by atomic mass is 10.0. The summed E-state index contributed by atoms with van der Waals surface area (Å²) in [7, 11) is -3.10. The number of benzene rings is 3. The maximum absolute atomic E-state index is 14.3. The molecule has 1 saturated carbocycles. The fourth-order valence-corrected chi connectivity index (χ4v) is 8.31. The molecule has 0 radical (unpaired) electrons. The average molecular weight is 1060 g/mol. The number of carboxylic acid groups (broad SMARTS) is 1. The minimum absolute atomic E-state index is 0.00962. The van der Waals surface area contributed by atoms with Crippen LogP contribution in [0.3, 0.4) is 0 Å². The Kier molecular flexibility index (Phi) is 23.7. The van der Waals surface area contributed by atoms with E-state index in [2.05, 4.69) is 6.92 Å². The Hall–Kier alpha value is -4.45. The number of imide groups is 1. The second-order valence-corrected chi connectivity index (χ2v) is 20.6. The number of fused-ring (bicyclic) bond motifs is 1. The van der Waals surface area contributed by atoms with Crippen molar-refractivity contribution in [1.29, 1.82) is 0 Å². The lowest BCUT2D eigenvalue weighted by molar-refractivity contribution is -0.138. The molecule has 0 bridgehead atoms. The predicted octanol–water partition coefficient (Wildman–Crippen LogP) is 9.99. The lowest BCUT2D eigenvalue weighted by Crippen LogP contribution is -2.47. The molecule has 3 aromatic carbocycles. The molecule has 2 heterocycles. The largest absolute Gasteiger partial charge is 0.489 e. The molecule has 4 amide bonds. The number of amides is 4. The number of aryl methyl sites for hydroxylation is 2. The minimum Gasteiger partial charge on any atom is -0.489 e. The van der Waals surface area contributed by atoms with Crippen LogP contribution in [0.15, 0.2) is 65.9 Å². The van der Waals surface area contributed by atoms with Crippen molar-refractivity contribution in [3.63, 3.8) is 0 Å². The van der Waals surface area contributed by atoms with E-state index in [9.17, 15) is 32.9 Å². The highest BCUT2D eigenvalue weighted by Gasteiger charge is 2.40. The molecule has 3 atom stereocenters. The number of nitrogens with zero attached hydrogens (tertiary/aromatic N) is 3. The van der Waals surface area contributed by atoms with Gasteiger partial charge in [0.25, 0.3) is 5.91 Å². The van der Waals surface area contributed by atoms with Crippen molar-refractivity contribution in [3.8, 4) is 11.5 Å². The van der Waals surface area contributed by atoms with Crippen molar-refractivity contribution in [2.75, 3.05) is 53.4 Å². The van der Waals surface area contributed by atoms with E-state index in [-0.39, 0.29) is 71.4 Å². The van der Waals surface area contributed by atoms with Crippen LogP contribution >= 0.6 is 53.8 Å². The molecule has 3 unspecified atom stereocenters. The highest BCUT2D eigenvalue weighted by atomic mass is 35.5. The smallest absolute Gasteiger partial charge is 0.427 e. The highest BCUT2D eigenvalue weighted by molar-refractivity contribution is 7.57. The maximum atomic E-state index is 14.3. The van der Waals surface area contributed by atoms with Gasteiger partial charge in [0.1, 0.15) is 42.6 Å². The van der Waals surface area contributed by atoms with Gasteiger partial charge in [-0.15, -0.1) is 11.6 Å². The Morgan fingerprint density at radius 3 is 2.25 bits per heavy atom. The third kappa shape index (κ3) is 17.1. The highest BCUT2D eigenvalue weighted by Crippen LogP contribution is 2.39. The third-order valence-electron chi connectivity index (χ3n) is 10.5. The summed E-state index contributed by atoms with van der Waals surface area (Å²) >= 11 is 23.0. The molecule has 2 aliphatic heterocycles. The van der Waals surface area contributed by atoms with Crippen molar-refractivity contribution in [1.82, 2.24) is 0 Å². The zero-order valence-electron chi connectivity index (χ0n) is 39.5. The van der Waals surface area contributed by atoms with E-state index >= 15 is 0 Å². The van der Waals surface area contributed by atoms with Crippen LogP contribution in [0.2, 0.25) is 5.02 Å². The number of alkyl halides is 3. The monoisotopic (exact) mass is 1060 g/mol. The quantitative estimate of drug-likeness (QED) is 0.0594. The summed E-state index contributed by atoms with van der Waals surface area (Å²) in [6.45, 7) is 13.6. The van der Waals surface area contributed by atoms with Crippen molar-refractivity contribution in [2.45, 2.75) is 103 Å². The third-order valence-corrected chi connectivity index (χ3v) is 12.5. The fourth-order valence-electron chi connectivity index (χ4n) is 7.00. The molecule has 16 nitrogen and oxygen atoms in total. The van der Waals surface area contributed by atoms with Gasteiger partial charge in [-0.1, -0.05) is 72.1 Å². The van der Waals surface area contributed by atoms with Gasteiger partial charge in [0.2, 0.25) is 5.91 Å². The Balaban J connectivity index is 0.000000253. The number of carboxylic acids is 1. The summed E-state index contributed by atoms with van der Waals surface area (Å²) in [4.78, 5) is 69.9. The van der Waals surface area contributed by atoms with E-state index in [1.54, 1.807) is 23.6 Å². The zero-order valence-corrected chi connectivity index (χ0v) is 43.4. The number of nitrogens with two attached hydrogens (primary N) is 1. The lowest BCUT2D eigenvalue weighted by Gasteiger charge is -2.35. The topological polar surface area (TPSA) is 216 Å². The number of anilines is 3. The van der Waals surface area contributed by atoms with Gasteiger partial charge in [-0.3, -0.25) is 28.6 Å². The van der Waals surface area contributed by atoms with E-state index in [0.717, 1.165) is 60.7 Å². The number of rotatable bonds is 14. The van der Waals surface area contributed by atoms with Gasteiger partial charge in [0, 0.05) is 25.5 Å². The van der Waals surface area contributed by atoms with Crippen LogP contribution < -0.4 is 29.9 Å². The molecule has 6 rings (SSSR count). The standard InChI is InChI=1S/C17H17ClFNO4.C14H20ClNO2.C11H11Cl2NO2.C5H12NO4P/c1-9(2)15-16(21)20(17(22)24-15)13-8-14(11(18)7-12(13)19)23-10-5-3-4-6-10;1-4-12-8-6-7-11(3)14(12)16(10-18-5-2)13(17)9-15;1-7-6-16-9-5-3-2-4-8(9)14(7)11(15)10(12)13;1-11(9,10)3-2-4(6)5(7)8/h7-8,10H,3-6H2,1-2H3;6-8H,4-5,9-10H2,1-3H3;2-5,7,10H,6H2,1H3;4H,2-3,6H2,1H3,(H,7,8)(H,9,10). The number of carbonyl (C=O) groups excluding carboxylic acids is 4. The first-order valence-electron chi connectivity index (χ1n) is 22.0. The summed E-state index contributed by atoms with van der Waals surface area (Å²) in [5.41, 5.74) is 9.25. The van der Waals surface area contributed by atoms with Crippen LogP contribution in [-0.2, 0) is 39.6 Å². The van der Waals surface area contributed by atoms with Crippen LogP contribution in [0.4, 0.5) is 26.2 Å². The van der Waals surface area contributed by atoms with E-state index in [4.69, 9.17) is 81.1 Å². The number of hydrogen-bond acceptors (Lipinski definition) is 11. The van der Waals surface area contributed by atoms with Crippen molar-refractivity contribution in [2.24, 2.45) is 5.73 Å². The van der Waals surface area contributed by atoms with Crippen molar-refractivity contribution >= 4 is 101 Å². The second-order valence-electron chi connectivity index (χ2n) is 16.3. The number of aliphatic carboxylic acids is 1. The molecule has 2 fully saturated rings. The Labute approximate surface area is 422 Å². The number of hydrogen-bond donors (Lipinski definition) is 3. The summed E-state index contributed by atoms with van der Waals surface area (Å²) in [5.74, 6) is -2.27. The van der Waals surface area contributed by atoms with E-state index in [1.165, 1.54) is 12.7 Å².